The van der Waals surface area contributed by atoms with Gasteiger partial charge >= 0.3 is 0 Å². The minimum Gasteiger partial charge on any atom is -0.306 e. The molecule has 4 rings (SSSR count). The van der Waals surface area contributed by atoms with Crippen LogP contribution in [0.2, 0.25) is 10.0 Å². The Morgan fingerprint density at radius 1 is 1.11 bits per heavy atom. The van der Waals surface area contributed by atoms with E-state index in [1.54, 1.807) is 0 Å². The highest BCUT2D eigenvalue weighted by Crippen LogP contribution is 2.33. The van der Waals surface area contributed by atoms with E-state index in [1.165, 1.54) is 47.1 Å². The Bertz CT molecular complexity index is 1210. The molecule has 0 spiro atoms. The Kier molecular flexibility index (Phi) is 4.65. The molecule has 0 saturated carbocycles. The van der Waals surface area contributed by atoms with Crippen molar-refractivity contribution < 1.29 is 17.6 Å². The second kappa shape index (κ2) is 6.88. The lowest BCUT2D eigenvalue weighted by Gasteiger charge is -2.12. The summed E-state index contributed by atoms with van der Waals surface area (Å²) in [5.41, 5.74) is 1.41. The molecule has 0 atom stereocenters. The summed E-state index contributed by atoms with van der Waals surface area (Å²) >= 11 is 12.0. The molecular weight excluding hydrogens is 428 g/mol. The monoisotopic (exact) mass is 439 g/mol. The molecule has 1 amide bonds. The van der Waals surface area contributed by atoms with Gasteiger partial charge in [0.05, 0.1) is 33.5 Å². The largest absolute Gasteiger partial charge is 0.306 e. The van der Waals surface area contributed by atoms with Gasteiger partial charge in [-0.1, -0.05) is 23.2 Å². The Balaban J connectivity index is 1.78. The van der Waals surface area contributed by atoms with E-state index >= 15 is 0 Å². The van der Waals surface area contributed by atoms with Gasteiger partial charge in [-0.2, -0.15) is 5.10 Å². The molecule has 6 nitrogen and oxygen atoms in total. The molecule has 0 fully saturated rings. The number of fused-ring (bicyclic) bond motifs is 1. The number of carbonyl (C=O) groups is 1. The topological polar surface area (TPSA) is 81.1 Å². The van der Waals surface area contributed by atoms with E-state index in [0.29, 0.717) is 22.0 Å². The normalized spacial score (nSPS) is 14.7. The van der Waals surface area contributed by atoms with Crippen LogP contribution in [-0.2, 0) is 21.3 Å². The van der Waals surface area contributed by atoms with Gasteiger partial charge < -0.3 is 5.32 Å². The van der Waals surface area contributed by atoms with Gasteiger partial charge in [0, 0.05) is 10.6 Å². The van der Waals surface area contributed by atoms with Crippen LogP contribution in [0.25, 0.3) is 5.69 Å². The number of carbonyl (C=O) groups excluding carboxylic acids is 1. The molecule has 1 aromatic heterocycles. The number of amides is 1. The molecule has 2 aromatic carbocycles. The highest BCUT2D eigenvalue weighted by atomic mass is 35.5. The van der Waals surface area contributed by atoms with E-state index in [9.17, 15) is 17.6 Å². The molecular formula is C18H12Cl2FN3O3S. The molecule has 1 N–H and O–H groups in total. The van der Waals surface area contributed by atoms with Crippen molar-refractivity contribution in [1.29, 1.82) is 0 Å². The molecule has 144 valence electrons. The molecule has 1 aliphatic heterocycles. The first-order chi connectivity index (χ1) is 13.2. The zero-order chi connectivity index (χ0) is 20.1. The number of sulfone groups is 1. The summed E-state index contributed by atoms with van der Waals surface area (Å²) in [6.45, 7) is 0. The number of nitrogens with one attached hydrogen (secondary N) is 1. The predicted molar refractivity (Wildman–Crippen MR) is 104 cm³/mol. The first-order valence-electron chi connectivity index (χ1n) is 8.07. The van der Waals surface area contributed by atoms with Gasteiger partial charge in [0.25, 0.3) is 5.91 Å². The van der Waals surface area contributed by atoms with E-state index in [0.717, 1.165) is 0 Å². The van der Waals surface area contributed by atoms with Crippen LogP contribution in [0.5, 0.6) is 0 Å². The predicted octanol–water partition coefficient (Wildman–Crippen LogP) is 4.00. The summed E-state index contributed by atoms with van der Waals surface area (Å²) in [4.78, 5) is 12.8. The molecule has 28 heavy (non-hydrogen) atoms. The number of aromatic nitrogens is 2. The number of benzene rings is 2. The van der Waals surface area contributed by atoms with Crippen molar-refractivity contribution in [2.24, 2.45) is 0 Å². The fourth-order valence-electron chi connectivity index (χ4n) is 2.99. The Labute approximate surface area is 169 Å². The summed E-state index contributed by atoms with van der Waals surface area (Å²) in [6, 6.07) is 9.89. The summed E-state index contributed by atoms with van der Waals surface area (Å²) in [6.07, 6.45) is 0. The molecule has 0 aliphatic carbocycles. The second-order valence-corrected chi connectivity index (χ2v) is 9.18. The summed E-state index contributed by atoms with van der Waals surface area (Å²) in [5, 5.41) is 7.54. The van der Waals surface area contributed by atoms with E-state index < -0.39 is 21.6 Å². The molecule has 0 saturated heterocycles. The van der Waals surface area contributed by atoms with E-state index in [4.69, 9.17) is 23.2 Å². The highest BCUT2D eigenvalue weighted by molar-refractivity contribution is 7.90. The number of nitrogens with zero attached hydrogens (tertiary/aromatic N) is 2. The second-order valence-electron chi connectivity index (χ2n) is 6.27. The van der Waals surface area contributed by atoms with Gasteiger partial charge in [-0.25, -0.2) is 17.5 Å². The van der Waals surface area contributed by atoms with Crippen molar-refractivity contribution in [2.75, 3.05) is 5.32 Å². The van der Waals surface area contributed by atoms with E-state index in [1.807, 2.05) is 0 Å². The molecule has 3 aromatic rings. The third-order valence-corrected chi connectivity index (χ3v) is 6.26. The Hall–Kier alpha value is -2.42. The van der Waals surface area contributed by atoms with Crippen molar-refractivity contribution in [3.63, 3.8) is 0 Å². The van der Waals surface area contributed by atoms with Crippen molar-refractivity contribution in [1.82, 2.24) is 9.78 Å². The minimum absolute atomic E-state index is 0.155. The highest BCUT2D eigenvalue weighted by Gasteiger charge is 2.33. The van der Waals surface area contributed by atoms with Gasteiger partial charge in [0.15, 0.2) is 9.84 Å². The van der Waals surface area contributed by atoms with Crippen LogP contribution < -0.4 is 5.32 Å². The van der Waals surface area contributed by atoms with Crippen LogP contribution in [0.1, 0.15) is 21.6 Å². The van der Waals surface area contributed by atoms with Crippen LogP contribution in [0.4, 0.5) is 10.2 Å². The van der Waals surface area contributed by atoms with Crippen molar-refractivity contribution in [3.8, 4) is 5.69 Å². The minimum atomic E-state index is -3.34. The van der Waals surface area contributed by atoms with Crippen LogP contribution in [0.3, 0.4) is 0 Å². The maximum absolute atomic E-state index is 13.3. The number of hydrogen-bond acceptors (Lipinski definition) is 4. The van der Waals surface area contributed by atoms with Crippen molar-refractivity contribution in [3.05, 3.63) is 75.1 Å². The third kappa shape index (κ3) is 3.50. The standard InChI is InChI=1S/C18H12Cl2FN3O3S/c19-10-1-6-13(15(20)7-10)18(25)22-17-14-8-28(26,27)9-16(14)23-24(17)12-4-2-11(21)3-5-12/h1-7H,8-9H2,(H,22,25). The summed E-state index contributed by atoms with van der Waals surface area (Å²) < 4.78 is 38.6. The molecule has 0 unspecified atom stereocenters. The Morgan fingerprint density at radius 2 is 1.82 bits per heavy atom. The molecule has 1 aliphatic rings. The van der Waals surface area contributed by atoms with Crippen LogP contribution in [0, 0.1) is 5.82 Å². The summed E-state index contributed by atoms with van der Waals surface area (Å²) in [7, 11) is -3.34. The molecule has 2 heterocycles. The molecule has 0 bridgehead atoms. The third-order valence-electron chi connectivity index (χ3n) is 4.27. The number of rotatable bonds is 3. The SMILES string of the molecule is O=C(Nc1c2c(nn1-c1ccc(F)cc1)CS(=O)(=O)C2)c1ccc(Cl)cc1Cl. The van der Waals surface area contributed by atoms with E-state index in [-0.39, 0.29) is 27.9 Å². The van der Waals surface area contributed by atoms with Gasteiger partial charge in [-0.15, -0.1) is 0 Å². The van der Waals surface area contributed by atoms with Gasteiger partial charge in [-0.05, 0) is 42.5 Å². The van der Waals surface area contributed by atoms with Gasteiger partial charge in [0.1, 0.15) is 11.6 Å². The zero-order valence-corrected chi connectivity index (χ0v) is 16.4. The van der Waals surface area contributed by atoms with E-state index in [2.05, 4.69) is 10.4 Å². The van der Waals surface area contributed by atoms with Gasteiger partial charge in [-0.3, -0.25) is 4.79 Å². The molecule has 0 radical (unpaired) electrons. The summed E-state index contributed by atoms with van der Waals surface area (Å²) in [5.74, 6) is -1.23. The van der Waals surface area contributed by atoms with Crippen molar-refractivity contribution >= 4 is 44.8 Å². The van der Waals surface area contributed by atoms with Crippen molar-refractivity contribution in [2.45, 2.75) is 11.5 Å². The Morgan fingerprint density at radius 3 is 2.50 bits per heavy atom. The lowest BCUT2D eigenvalue weighted by atomic mass is 10.2. The smallest absolute Gasteiger partial charge is 0.258 e. The molecule has 10 heteroatoms. The fourth-order valence-corrected chi connectivity index (χ4v) is 4.98. The van der Waals surface area contributed by atoms with Gasteiger partial charge in [0.2, 0.25) is 0 Å². The van der Waals surface area contributed by atoms with Crippen LogP contribution >= 0.6 is 23.2 Å². The lowest BCUT2D eigenvalue weighted by Crippen LogP contribution is -2.17. The van der Waals surface area contributed by atoms with Crippen LogP contribution in [0.15, 0.2) is 42.5 Å². The number of anilines is 1. The lowest BCUT2D eigenvalue weighted by molar-refractivity contribution is 0.102. The average Bonchev–Trinajstić information content (AvgIpc) is 3.08. The quantitative estimate of drug-likeness (QED) is 0.668. The average molecular weight is 440 g/mol. The number of halogens is 3. The zero-order valence-electron chi connectivity index (χ0n) is 14.1. The maximum Gasteiger partial charge on any atom is 0.258 e. The first-order valence-corrected chi connectivity index (χ1v) is 10.6. The number of hydrogen-bond donors (Lipinski definition) is 1. The van der Waals surface area contributed by atoms with Crippen LogP contribution in [-0.4, -0.2) is 24.1 Å². The maximum atomic E-state index is 13.3. The first kappa shape index (κ1) is 18.9. The fraction of sp³-hybridized carbons (Fsp3) is 0.111.